The molecular formula is C14H7ClF2N2OS2. The molecule has 0 aliphatic carbocycles. The van der Waals surface area contributed by atoms with Crippen LogP contribution in [0.5, 0.6) is 0 Å². The van der Waals surface area contributed by atoms with E-state index in [4.69, 9.17) is 11.6 Å². The SMILES string of the molecule is O=C(Nc1nc(-c2ccc(Cl)s2)cs1)c1c(F)cccc1F. The first-order valence-corrected chi connectivity index (χ1v) is 8.08. The molecule has 0 spiro atoms. The van der Waals surface area contributed by atoms with E-state index < -0.39 is 23.1 Å². The molecule has 0 saturated heterocycles. The number of carbonyl (C=O) groups is 1. The van der Waals surface area contributed by atoms with Crippen LogP contribution >= 0.6 is 34.3 Å². The van der Waals surface area contributed by atoms with Crippen molar-refractivity contribution in [1.82, 2.24) is 4.98 Å². The second-order valence-electron chi connectivity index (χ2n) is 4.19. The highest BCUT2D eigenvalue weighted by Gasteiger charge is 2.18. The van der Waals surface area contributed by atoms with Gasteiger partial charge in [0.2, 0.25) is 0 Å². The summed E-state index contributed by atoms with van der Waals surface area (Å²) in [5, 5.41) is 4.39. The second kappa shape index (κ2) is 6.12. The molecule has 1 aromatic carbocycles. The van der Waals surface area contributed by atoms with Crippen molar-refractivity contribution < 1.29 is 13.6 Å². The molecule has 8 heteroatoms. The van der Waals surface area contributed by atoms with E-state index in [1.165, 1.54) is 17.4 Å². The minimum atomic E-state index is -0.917. The Balaban J connectivity index is 1.82. The summed E-state index contributed by atoms with van der Waals surface area (Å²) in [5.41, 5.74) is 0.0182. The van der Waals surface area contributed by atoms with Crippen LogP contribution in [0.1, 0.15) is 10.4 Å². The molecule has 3 aromatic rings. The Labute approximate surface area is 137 Å². The van der Waals surface area contributed by atoms with Gasteiger partial charge in [0.25, 0.3) is 5.91 Å². The first-order chi connectivity index (χ1) is 10.5. The molecule has 0 bridgehead atoms. The standard InChI is InChI=1S/C14H7ClF2N2OS2/c15-11-5-4-10(22-11)9-6-21-14(18-9)19-13(20)12-7(16)2-1-3-8(12)17/h1-6H,(H,18,19,20). The molecule has 1 amide bonds. The Kier molecular flexibility index (Phi) is 4.19. The summed E-state index contributed by atoms with van der Waals surface area (Å²) in [4.78, 5) is 17.0. The predicted octanol–water partition coefficient (Wildman–Crippen LogP) is 5.06. The molecule has 22 heavy (non-hydrogen) atoms. The summed E-state index contributed by atoms with van der Waals surface area (Å²) in [5.74, 6) is -2.71. The van der Waals surface area contributed by atoms with Crippen LogP contribution in [0.2, 0.25) is 4.34 Å². The number of nitrogens with one attached hydrogen (secondary N) is 1. The Hall–Kier alpha value is -1.83. The maximum atomic E-state index is 13.5. The van der Waals surface area contributed by atoms with Gasteiger partial charge in [-0.2, -0.15) is 0 Å². The first kappa shape index (κ1) is 15.1. The van der Waals surface area contributed by atoms with E-state index in [-0.39, 0.29) is 5.13 Å². The van der Waals surface area contributed by atoms with Gasteiger partial charge >= 0.3 is 0 Å². The molecule has 0 unspecified atom stereocenters. The lowest BCUT2D eigenvalue weighted by atomic mass is 10.2. The van der Waals surface area contributed by atoms with Crippen LogP contribution in [-0.4, -0.2) is 10.9 Å². The highest BCUT2D eigenvalue weighted by atomic mass is 35.5. The number of thiazole rings is 1. The van der Waals surface area contributed by atoms with Crippen molar-refractivity contribution in [1.29, 1.82) is 0 Å². The molecule has 2 aromatic heterocycles. The molecule has 0 radical (unpaired) electrons. The fraction of sp³-hybridized carbons (Fsp3) is 0. The Morgan fingerprint density at radius 3 is 2.55 bits per heavy atom. The third kappa shape index (κ3) is 3.01. The number of amides is 1. The Morgan fingerprint density at radius 2 is 1.91 bits per heavy atom. The van der Waals surface area contributed by atoms with Gasteiger partial charge in [-0.25, -0.2) is 13.8 Å². The van der Waals surface area contributed by atoms with Crippen LogP contribution in [0.15, 0.2) is 35.7 Å². The summed E-state index contributed by atoms with van der Waals surface area (Å²) >= 11 is 8.37. The van der Waals surface area contributed by atoms with Crippen molar-refractivity contribution in [2.75, 3.05) is 5.32 Å². The van der Waals surface area contributed by atoms with E-state index in [0.29, 0.717) is 10.0 Å². The zero-order valence-corrected chi connectivity index (χ0v) is 13.2. The van der Waals surface area contributed by atoms with Crippen molar-refractivity contribution >= 4 is 45.3 Å². The van der Waals surface area contributed by atoms with Gasteiger partial charge in [0.05, 0.1) is 14.9 Å². The predicted molar refractivity (Wildman–Crippen MR) is 84.7 cm³/mol. The van der Waals surface area contributed by atoms with Crippen molar-refractivity contribution in [3.8, 4) is 10.6 Å². The number of rotatable bonds is 3. The summed E-state index contributed by atoms with van der Waals surface area (Å²) < 4.78 is 27.7. The number of benzene rings is 1. The third-order valence-electron chi connectivity index (χ3n) is 2.74. The number of anilines is 1. The quantitative estimate of drug-likeness (QED) is 0.713. The average Bonchev–Trinajstić information content (AvgIpc) is 3.07. The van der Waals surface area contributed by atoms with E-state index in [1.807, 2.05) is 6.07 Å². The largest absolute Gasteiger partial charge is 0.298 e. The van der Waals surface area contributed by atoms with Crippen LogP contribution in [0.4, 0.5) is 13.9 Å². The third-order valence-corrected chi connectivity index (χ3v) is 4.75. The lowest BCUT2D eigenvalue weighted by Crippen LogP contribution is -2.15. The molecule has 0 aliphatic rings. The van der Waals surface area contributed by atoms with Crippen LogP contribution in [-0.2, 0) is 0 Å². The molecule has 0 atom stereocenters. The van der Waals surface area contributed by atoms with Crippen LogP contribution in [0.3, 0.4) is 0 Å². The Morgan fingerprint density at radius 1 is 1.18 bits per heavy atom. The molecule has 1 N–H and O–H groups in total. The molecule has 112 valence electrons. The fourth-order valence-corrected chi connectivity index (χ4v) is 3.55. The molecule has 3 nitrogen and oxygen atoms in total. The van der Waals surface area contributed by atoms with Gasteiger partial charge in [0, 0.05) is 5.38 Å². The summed E-state index contributed by atoms with van der Waals surface area (Å²) in [6.45, 7) is 0. The van der Waals surface area contributed by atoms with Gasteiger partial charge < -0.3 is 0 Å². The number of hydrogen-bond acceptors (Lipinski definition) is 4. The highest BCUT2D eigenvalue weighted by molar-refractivity contribution is 7.20. The molecule has 3 rings (SSSR count). The lowest BCUT2D eigenvalue weighted by molar-refractivity contribution is 0.101. The van der Waals surface area contributed by atoms with Crippen molar-refractivity contribution in [2.24, 2.45) is 0 Å². The van der Waals surface area contributed by atoms with Crippen LogP contribution in [0, 0.1) is 11.6 Å². The van der Waals surface area contributed by atoms with E-state index in [0.717, 1.165) is 28.3 Å². The van der Waals surface area contributed by atoms with Crippen molar-refractivity contribution in [3.63, 3.8) is 0 Å². The highest BCUT2D eigenvalue weighted by Crippen LogP contribution is 2.33. The normalized spacial score (nSPS) is 10.7. The van der Waals surface area contributed by atoms with E-state index in [9.17, 15) is 13.6 Å². The Bertz CT molecular complexity index is 827. The summed E-state index contributed by atoms with van der Waals surface area (Å²) in [7, 11) is 0. The van der Waals surface area contributed by atoms with Gasteiger partial charge in [0.15, 0.2) is 5.13 Å². The molecular weight excluding hydrogens is 350 g/mol. The molecule has 2 heterocycles. The minimum absolute atomic E-state index is 0.257. The van der Waals surface area contributed by atoms with Crippen LogP contribution < -0.4 is 5.32 Å². The fourth-order valence-electron chi connectivity index (χ4n) is 1.77. The maximum absolute atomic E-state index is 13.5. The van der Waals surface area contributed by atoms with Gasteiger partial charge in [-0.05, 0) is 24.3 Å². The van der Waals surface area contributed by atoms with Crippen molar-refractivity contribution in [3.05, 3.63) is 57.2 Å². The molecule has 0 aliphatic heterocycles. The topological polar surface area (TPSA) is 42.0 Å². The summed E-state index contributed by atoms with van der Waals surface area (Å²) in [6, 6.07) is 6.80. The molecule has 0 fully saturated rings. The minimum Gasteiger partial charge on any atom is -0.298 e. The van der Waals surface area contributed by atoms with E-state index in [2.05, 4.69) is 10.3 Å². The van der Waals surface area contributed by atoms with Gasteiger partial charge in [-0.15, -0.1) is 22.7 Å². The summed E-state index contributed by atoms with van der Waals surface area (Å²) in [6.07, 6.45) is 0. The first-order valence-electron chi connectivity index (χ1n) is 6.01. The zero-order chi connectivity index (χ0) is 15.7. The van der Waals surface area contributed by atoms with Gasteiger partial charge in [-0.1, -0.05) is 17.7 Å². The number of hydrogen-bond donors (Lipinski definition) is 1. The number of nitrogens with zero attached hydrogens (tertiary/aromatic N) is 1. The molecule has 0 saturated carbocycles. The van der Waals surface area contributed by atoms with Crippen molar-refractivity contribution in [2.45, 2.75) is 0 Å². The van der Waals surface area contributed by atoms with Gasteiger partial charge in [0.1, 0.15) is 17.2 Å². The average molecular weight is 357 g/mol. The zero-order valence-electron chi connectivity index (χ0n) is 10.8. The van der Waals surface area contributed by atoms with E-state index >= 15 is 0 Å². The monoisotopic (exact) mass is 356 g/mol. The lowest BCUT2D eigenvalue weighted by Gasteiger charge is -2.04. The smallest absolute Gasteiger partial charge is 0.263 e. The number of carbonyl (C=O) groups excluding carboxylic acids is 1. The number of thiophene rings is 1. The number of halogens is 3. The van der Waals surface area contributed by atoms with Gasteiger partial charge in [-0.3, -0.25) is 10.1 Å². The van der Waals surface area contributed by atoms with Crippen LogP contribution in [0.25, 0.3) is 10.6 Å². The second-order valence-corrected chi connectivity index (χ2v) is 6.77. The maximum Gasteiger partial charge on any atom is 0.263 e. The number of aromatic nitrogens is 1. The van der Waals surface area contributed by atoms with E-state index in [1.54, 1.807) is 11.4 Å².